The second-order valence-corrected chi connectivity index (χ2v) is 7.69. The summed E-state index contributed by atoms with van der Waals surface area (Å²) in [6, 6.07) is 5.64. The van der Waals surface area contributed by atoms with Crippen molar-refractivity contribution in [2.24, 2.45) is 0 Å². The number of rotatable bonds is 4. The van der Waals surface area contributed by atoms with Crippen LogP contribution in [0.1, 0.15) is 0 Å². The first-order valence-corrected chi connectivity index (χ1v) is 9.60. The Balaban J connectivity index is 1.53. The van der Waals surface area contributed by atoms with E-state index in [0.717, 1.165) is 33.4 Å². The maximum atomic E-state index is 12.1. The topological polar surface area (TPSA) is 63.7 Å². The summed E-state index contributed by atoms with van der Waals surface area (Å²) in [6.45, 7) is 2.93. The fraction of sp³-hybridized carbons (Fsp3) is 0.400. The second-order valence-electron chi connectivity index (χ2n) is 5.05. The maximum absolute atomic E-state index is 12.1. The van der Waals surface area contributed by atoms with E-state index in [1.165, 1.54) is 23.1 Å². The second kappa shape index (κ2) is 8.11. The Labute approximate surface area is 153 Å². The van der Waals surface area contributed by atoms with Gasteiger partial charge in [0.05, 0.1) is 36.3 Å². The van der Waals surface area contributed by atoms with Crippen molar-refractivity contribution in [2.75, 3.05) is 44.5 Å². The van der Waals surface area contributed by atoms with E-state index in [9.17, 15) is 4.79 Å². The van der Waals surface area contributed by atoms with Gasteiger partial charge >= 0.3 is 0 Å². The Morgan fingerprint density at radius 3 is 3.04 bits per heavy atom. The quantitative estimate of drug-likeness (QED) is 0.814. The molecular weight excluding hydrogens is 366 g/mol. The van der Waals surface area contributed by atoms with Gasteiger partial charge in [-0.15, -0.1) is 0 Å². The molecule has 0 radical (unpaired) electrons. The molecule has 24 heavy (non-hydrogen) atoms. The molecule has 0 saturated carbocycles. The number of amides is 1. The summed E-state index contributed by atoms with van der Waals surface area (Å²) < 4.78 is 12.2. The number of aromatic nitrogens is 1. The Hall–Kier alpha value is -1.42. The van der Waals surface area contributed by atoms with Crippen LogP contribution in [-0.2, 0) is 9.53 Å². The average molecular weight is 384 g/mol. The van der Waals surface area contributed by atoms with Crippen molar-refractivity contribution in [3.63, 3.8) is 0 Å². The fourth-order valence-electron chi connectivity index (χ4n) is 2.21. The minimum Gasteiger partial charge on any atom is -0.497 e. The molecule has 6 nitrogen and oxygen atoms in total. The molecule has 1 aromatic carbocycles. The van der Waals surface area contributed by atoms with Crippen molar-refractivity contribution in [1.29, 1.82) is 0 Å². The van der Waals surface area contributed by atoms with Gasteiger partial charge < -0.3 is 19.7 Å². The van der Waals surface area contributed by atoms with Gasteiger partial charge in [-0.1, -0.05) is 35.3 Å². The van der Waals surface area contributed by atoms with Crippen molar-refractivity contribution in [3.8, 4) is 5.75 Å². The van der Waals surface area contributed by atoms with Gasteiger partial charge in [0.2, 0.25) is 5.91 Å². The number of thiazole rings is 1. The molecule has 1 fully saturated rings. The number of anilines is 1. The van der Waals surface area contributed by atoms with Gasteiger partial charge in [0.15, 0.2) is 5.13 Å². The number of nitrogens with one attached hydrogen (secondary N) is 1. The van der Waals surface area contributed by atoms with Gasteiger partial charge in [0.1, 0.15) is 10.1 Å². The van der Waals surface area contributed by atoms with Gasteiger partial charge in [-0.2, -0.15) is 0 Å². The van der Waals surface area contributed by atoms with Crippen LogP contribution in [0.15, 0.2) is 18.2 Å². The predicted octanol–water partition coefficient (Wildman–Crippen LogP) is 2.59. The molecule has 2 heterocycles. The average Bonchev–Trinajstić information content (AvgIpc) is 3.01. The zero-order chi connectivity index (χ0) is 16.9. The lowest BCUT2D eigenvalue weighted by molar-refractivity contribution is -0.113. The molecule has 1 N–H and O–H groups in total. The lowest BCUT2D eigenvalue weighted by Crippen LogP contribution is -2.39. The Morgan fingerprint density at radius 1 is 1.50 bits per heavy atom. The Kier molecular flexibility index (Phi) is 5.88. The summed E-state index contributed by atoms with van der Waals surface area (Å²) in [5, 5.41) is 3.42. The Bertz CT molecular complexity index is 744. The van der Waals surface area contributed by atoms with Crippen LogP contribution < -0.4 is 10.1 Å². The monoisotopic (exact) mass is 383 g/mol. The number of fused-ring (bicyclic) bond motifs is 1. The standard InChI is InChI=1S/C15H17N3O3S3/c1-20-10-2-3-11-12(8-10)24-14(16-11)17-13(19)9-23-15(22)18-4-6-21-7-5-18/h2-3,8H,4-7,9H2,1H3,(H,16,17,19). The molecule has 0 unspecified atom stereocenters. The van der Waals surface area contributed by atoms with Gasteiger partial charge in [0.25, 0.3) is 0 Å². The molecule has 1 aliphatic heterocycles. The first-order chi connectivity index (χ1) is 11.7. The van der Waals surface area contributed by atoms with E-state index in [-0.39, 0.29) is 11.7 Å². The van der Waals surface area contributed by atoms with Gasteiger partial charge in [-0.25, -0.2) is 4.98 Å². The third kappa shape index (κ3) is 4.35. The molecule has 0 bridgehead atoms. The number of methoxy groups -OCH3 is 1. The van der Waals surface area contributed by atoms with Gasteiger partial charge in [-0.05, 0) is 18.2 Å². The number of thiocarbonyl (C=S) groups is 1. The number of benzene rings is 1. The summed E-state index contributed by atoms with van der Waals surface area (Å²) in [4.78, 5) is 18.6. The van der Waals surface area contributed by atoms with Crippen LogP contribution in [0, 0.1) is 0 Å². The molecule has 1 aromatic heterocycles. The van der Waals surface area contributed by atoms with E-state index in [4.69, 9.17) is 21.7 Å². The molecule has 0 spiro atoms. The molecule has 3 rings (SSSR count). The van der Waals surface area contributed by atoms with Crippen LogP contribution in [0.3, 0.4) is 0 Å². The predicted molar refractivity (Wildman–Crippen MR) is 102 cm³/mol. The van der Waals surface area contributed by atoms with E-state index in [1.807, 2.05) is 18.2 Å². The highest BCUT2D eigenvalue weighted by Crippen LogP contribution is 2.29. The molecule has 128 valence electrons. The van der Waals surface area contributed by atoms with Crippen molar-refractivity contribution in [1.82, 2.24) is 9.88 Å². The van der Waals surface area contributed by atoms with Crippen molar-refractivity contribution in [2.45, 2.75) is 0 Å². The molecule has 9 heteroatoms. The number of nitrogens with zero attached hydrogens (tertiary/aromatic N) is 2. The van der Waals surface area contributed by atoms with Gasteiger partial charge in [-0.3, -0.25) is 4.79 Å². The van der Waals surface area contributed by atoms with E-state index < -0.39 is 0 Å². The number of hydrogen-bond donors (Lipinski definition) is 1. The lowest BCUT2D eigenvalue weighted by Gasteiger charge is -2.28. The molecule has 0 atom stereocenters. The molecule has 1 aliphatic rings. The Morgan fingerprint density at radius 2 is 2.29 bits per heavy atom. The third-order valence-electron chi connectivity index (χ3n) is 3.44. The van der Waals surface area contributed by atoms with Crippen molar-refractivity contribution >= 4 is 60.9 Å². The van der Waals surface area contributed by atoms with Crippen LogP contribution in [0.2, 0.25) is 0 Å². The highest BCUT2D eigenvalue weighted by molar-refractivity contribution is 8.23. The van der Waals surface area contributed by atoms with E-state index in [1.54, 1.807) is 7.11 Å². The number of morpholine rings is 1. The summed E-state index contributed by atoms with van der Waals surface area (Å²) in [5.41, 5.74) is 0.840. The highest BCUT2D eigenvalue weighted by Gasteiger charge is 2.16. The number of ether oxygens (including phenoxy) is 2. The fourth-order valence-corrected chi connectivity index (χ4v) is 4.17. The van der Waals surface area contributed by atoms with Crippen LogP contribution in [-0.4, -0.2) is 59.3 Å². The van der Waals surface area contributed by atoms with E-state index >= 15 is 0 Å². The number of hydrogen-bond acceptors (Lipinski definition) is 7. The van der Waals surface area contributed by atoms with Crippen LogP contribution in [0.4, 0.5) is 5.13 Å². The summed E-state index contributed by atoms with van der Waals surface area (Å²) >= 11 is 8.16. The molecule has 1 saturated heterocycles. The number of carbonyl (C=O) groups excluding carboxylic acids is 1. The SMILES string of the molecule is COc1ccc2nc(NC(=O)CSC(=S)N3CCOCC3)sc2c1. The zero-order valence-corrected chi connectivity index (χ0v) is 15.6. The maximum Gasteiger partial charge on any atom is 0.236 e. The molecule has 0 aliphatic carbocycles. The minimum atomic E-state index is -0.110. The van der Waals surface area contributed by atoms with Crippen LogP contribution in [0.5, 0.6) is 5.75 Å². The zero-order valence-electron chi connectivity index (χ0n) is 13.1. The first-order valence-electron chi connectivity index (χ1n) is 7.39. The third-order valence-corrected chi connectivity index (χ3v) is 5.90. The number of carbonyl (C=O) groups is 1. The first kappa shape index (κ1) is 17.4. The largest absolute Gasteiger partial charge is 0.497 e. The van der Waals surface area contributed by atoms with Crippen LogP contribution >= 0.6 is 35.3 Å². The van der Waals surface area contributed by atoms with Crippen LogP contribution in [0.25, 0.3) is 10.2 Å². The molecule has 1 amide bonds. The summed E-state index contributed by atoms with van der Waals surface area (Å²) in [5.74, 6) is 0.937. The van der Waals surface area contributed by atoms with E-state index in [0.29, 0.717) is 18.3 Å². The van der Waals surface area contributed by atoms with E-state index in [2.05, 4.69) is 15.2 Å². The minimum absolute atomic E-state index is 0.110. The highest BCUT2D eigenvalue weighted by atomic mass is 32.2. The summed E-state index contributed by atoms with van der Waals surface area (Å²) in [7, 11) is 1.62. The number of thioether (sulfide) groups is 1. The molecule has 2 aromatic rings. The normalized spacial score (nSPS) is 14.6. The lowest BCUT2D eigenvalue weighted by atomic mass is 10.3. The molecular formula is C15H17N3O3S3. The summed E-state index contributed by atoms with van der Waals surface area (Å²) in [6.07, 6.45) is 0. The van der Waals surface area contributed by atoms with Crippen molar-refractivity contribution < 1.29 is 14.3 Å². The van der Waals surface area contributed by atoms with Crippen molar-refractivity contribution in [3.05, 3.63) is 18.2 Å². The van der Waals surface area contributed by atoms with Gasteiger partial charge in [0, 0.05) is 13.1 Å². The smallest absolute Gasteiger partial charge is 0.236 e.